The molecule has 0 aromatic rings. The fraction of sp³-hybridized carbons (Fsp3) is 0.556. The quantitative estimate of drug-likeness (QED) is 0.500. The van der Waals surface area contributed by atoms with E-state index < -0.39 is 18.7 Å². The van der Waals surface area contributed by atoms with Crippen LogP contribution in [0.25, 0.3) is 0 Å². The Bertz CT molecular complexity index is 431. The lowest BCUT2D eigenvalue weighted by Gasteiger charge is -1.97. The smallest absolute Gasteiger partial charge is 0.205 e. The minimum absolute atomic E-state index is 0.0935. The van der Waals surface area contributed by atoms with Gasteiger partial charge < -0.3 is 0 Å². The third kappa shape index (κ3) is 7.95. The Morgan fingerprint density at radius 3 is 2.31 bits per heavy atom. The second kappa shape index (κ2) is 7.13. The van der Waals surface area contributed by atoms with Gasteiger partial charge >= 0.3 is 0 Å². The van der Waals surface area contributed by atoms with Gasteiger partial charge in [0.25, 0.3) is 0 Å². The van der Waals surface area contributed by atoms with Crippen molar-refractivity contribution in [2.45, 2.75) is 13.3 Å². The van der Waals surface area contributed by atoms with Gasteiger partial charge in [-0.2, -0.15) is 0 Å². The number of rotatable bonds is 8. The lowest BCUT2D eigenvalue weighted by molar-refractivity contribution is 0.601. The van der Waals surface area contributed by atoms with E-state index >= 15 is 0 Å². The zero-order chi connectivity index (χ0) is 12.7. The zero-order valence-electron chi connectivity index (χ0n) is 9.13. The summed E-state index contributed by atoms with van der Waals surface area (Å²) in [5.41, 5.74) is 0. The van der Waals surface area contributed by atoms with Crippen molar-refractivity contribution in [1.29, 1.82) is 0 Å². The van der Waals surface area contributed by atoms with E-state index in [1.807, 2.05) is 0 Å². The van der Waals surface area contributed by atoms with Gasteiger partial charge in [0.1, 0.15) is 0 Å². The molecule has 0 aliphatic carbocycles. The lowest BCUT2D eigenvalue weighted by atomic mass is 10.6. The Morgan fingerprint density at radius 2 is 1.81 bits per heavy atom. The van der Waals surface area contributed by atoms with Crippen LogP contribution in [0.3, 0.4) is 0 Å². The average Bonchev–Trinajstić information content (AvgIpc) is 2.12. The van der Waals surface area contributed by atoms with Crippen LogP contribution in [-0.4, -0.2) is 34.1 Å². The highest BCUT2D eigenvalue weighted by atomic mass is 33.1. The Kier molecular flexibility index (Phi) is 7.01. The van der Waals surface area contributed by atoms with E-state index in [0.717, 1.165) is 0 Å². The van der Waals surface area contributed by atoms with Crippen LogP contribution in [0.15, 0.2) is 24.1 Å². The summed E-state index contributed by atoms with van der Waals surface area (Å²) in [6.07, 6.45) is 3.21. The van der Waals surface area contributed by atoms with Crippen molar-refractivity contribution in [1.82, 2.24) is 0 Å². The Hall–Kier alpha value is -0.270. The molecule has 16 heavy (non-hydrogen) atoms. The van der Waals surface area contributed by atoms with E-state index in [2.05, 4.69) is 6.58 Å². The highest BCUT2D eigenvalue weighted by molar-refractivity contribution is 8.73. The standard InChI is InChI=1S/C9H16O4S3/c1-3-7-15(10,11)9-5-6-14-16(12,13)8-4-2/h3,5-6H,1,4,7-9H2,2H3/b6-5-. The number of hydrogen-bond acceptors (Lipinski definition) is 5. The minimum Gasteiger partial charge on any atom is -0.228 e. The van der Waals surface area contributed by atoms with Crippen molar-refractivity contribution >= 4 is 29.5 Å². The number of sulfone groups is 1. The van der Waals surface area contributed by atoms with Crippen LogP contribution < -0.4 is 0 Å². The highest BCUT2D eigenvalue weighted by Gasteiger charge is 2.08. The molecule has 94 valence electrons. The lowest BCUT2D eigenvalue weighted by Crippen LogP contribution is -2.06. The van der Waals surface area contributed by atoms with E-state index in [-0.39, 0.29) is 17.3 Å². The normalized spacial score (nSPS) is 13.1. The van der Waals surface area contributed by atoms with Crippen LogP contribution in [0.1, 0.15) is 13.3 Å². The first-order valence-corrected chi connectivity index (χ1v) is 9.57. The molecule has 0 saturated carbocycles. The summed E-state index contributed by atoms with van der Waals surface area (Å²) in [6.45, 7) is 5.11. The molecule has 7 heteroatoms. The molecule has 0 radical (unpaired) electrons. The van der Waals surface area contributed by atoms with Gasteiger partial charge in [0, 0.05) is 0 Å². The molecule has 0 saturated heterocycles. The van der Waals surface area contributed by atoms with Crippen LogP contribution in [0.2, 0.25) is 0 Å². The first kappa shape index (κ1) is 15.7. The van der Waals surface area contributed by atoms with Gasteiger partial charge in [-0.15, -0.1) is 6.58 Å². The molecule has 4 nitrogen and oxygen atoms in total. The molecule has 0 bridgehead atoms. The predicted molar refractivity (Wildman–Crippen MR) is 69.7 cm³/mol. The summed E-state index contributed by atoms with van der Waals surface area (Å²) in [5, 5.41) is 1.31. The zero-order valence-corrected chi connectivity index (χ0v) is 11.6. The second-order valence-electron chi connectivity index (χ2n) is 3.10. The summed E-state index contributed by atoms with van der Waals surface area (Å²) < 4.78 is 44.9. The van der Waals surface area contributed by atoms with Gasteiger partial charge in [0.05, 0.1) is 17.3 Å². The van der Waals surface area contributed by atoms with Gasteiger partial charge in [-0.3, -0.25) is 0 Å². The van der Waals surface area contributed by atoms with Crippen molar-refractivity contribution in [3.63, 3.8) is 0 Å². The van der Waals surface area contributed by atoms with Crippen molar-refractivity contribution in [3.8, 4) is 0 Å². The molecule has 0 aliphatic rings. The fourth-order valence-corrected chi connectivity index (χ4v) is 4.33. The number of hydrogen-bond donors (Lipinski definition) is 0. The van der Waals surface area contributed by atoms with E-state index in [4.69, 9.17) is 0 Å². The molecule has 0 rings (SSSR count). The highest BCUT2D eigenvalue weighted by Crippen LogP contribution is 2.15. The van der Waals surface area contributed by atoms with Crippen LogP contribution >= 0.6 is 10.8 Å². The molecule has 0 N–H and O–H groups in total. The molecule has 0 unspecified atom stereocenters. The van der Waals surface area contributed by atoms with Crippen LogP contribution in [0.5, 0.6) is 0 Å². The van der Waals surface area contributed by atoms with Crippen molar-refractivity contribution < 1.29 is 16.8 Å². The first-order valence-electron chi connectivity index (χ1n) is 4.70. The van der Waals surface area contributed by atoms with Crippen LogP contribution in [0, 0.1) is 0 Å². The summed E-state index contributed by atoms with van der Waals surface area (Å²) in [7, 11) is -5.66. The predicted octanol–water partition coefficient (Wildman–Crippen LogP) is 1.57. The van der Waals surface area contributed by atoms with Gasteiger partial charge in [-0.1, -0.05) is 19.1 Å². The molecule has 0 aromatic carbocycles. The third-order valence-electron chi connectivity index (χ3n) is 1.47. The summed E-state index contributed by atoms with van der Waals surface area (Å²) >= 11 is 0. The molecule has 0 aromatic heterocycles. The SMILES string of the molecule is C=CCS(=O)(=O)C/C=C\SS(=O)(=O)CCC. The molecule has 0 heterocycles. The maximum Gasteiger partial charge on any atom is 0.205 e. The third-order valence-corrected chi connectivity index (χ3v) is 6.14. The maximum atomic E-state index is 11.2. The molecule has 0 spiro atoms. The molecule has 0 atom stereocenters. The summed E-state index contributed by atoms with van der Waals surface area (Å²) in [6, 6.07) is 0. The van der Waals surface area contributed by atoms with E-state index in [1.54, 1.807) is 6.92 Å². The van der Waals surface area contributed by atoms with Gasteiger partial charge in [0.15, 0.2) is 9.84 Å². The largest absolute Gasteiger partial charge is 0.228 e. The van der Waals surface area contributed by atoms with Crippen molar-refractivity contribution in [2.75, 3.05) is 17.3 Å². The van der Waals surface area contributed by atoms with Gasteiger partial charge in [-0.05, 0) is 22.6 Å². The summed E-state index contributed by atoms with van der Waals surface area (Å²) in [4.78, 5) is 0. The summed E-state index contributed by atoms with van der Waals surface area (Å²) in [5.74, 6) is -0.154. The average molecular weight is 284 g/mol. The van der Waals surface area contributed by atoms with E-state index in [1.165, 1.54) is 17.6 Å². The van der Waals surface area contributed by atoms with Crippen LogP contribution in [0.4, 0.5) is 0 Å². The Balaban J connectivity index is 4.19. The second-order valence-corrected chi connectivity index (χ2v) is 9.34. The van der Waals surface area contributed by atoms with Crippen LogP contribution in [-0.2, 0) is 18.7 Å². The van der Waals surface area contributed by atoms with Crippen molar-refractivity contribution in [2.24, 2.45) is 0 Å². The minimum atomic E-state index is -3.17. The molecule has 0 amide bonds. The van der Waals surface area contributed by atoms with E-state index in [0.29, 0.717) is 17.2 Å². The topological polar surface area (TPSA) is 68.3 Å². The Morgan fingerprint density at radius 1 is 1.19 bits per heavy atom. The molecular formula is C9H16O4S3. The fourth-order valence-electron chi connectivity index (χ4n) is 0.856. The van der Waals surface area contributed by atoms with Crippen molar-refractivity contribution in [3.05, 3.63) is 24.1 Å². The molecule has 0 fully saturated rings. The monoisotopic (exact) mass is 284 g/mol. The molecule has 0 aliphatic heterocycles. The first-order chi connectivity index (χ1) is 7.33. The maximum absolute atomic E-state index is 11.2. The van der Waals surface area contributed by atoms with Gasteiger partial charge in [0.2, 0.25) is 8.87 Å². The van der Waals surface area contributed by atoms with Gasteiger partial charge in [-0.25, -0.2) is 16.8 Å². The Labute approximate surface area is 101 Å². The van der Waals surface area contributed by atoms with E-state index in [9.17, 15) is 16.8 Å². The molecular weight excluding hydrogens is 268 g/mol.